The van der Waals surface area contributed by atoms with E-state index in [2.05, 4.69) is 15.2 Å². The molecule has 1 aromatic heterocycles. The van der Waals surface area contributed by atoms with E-state index >= 15 is 0 Å². The van der Waals surface area contributed by atoms with Crippen molar-refractivity contribution in [3.63, 3.8) is 0 Å². The summed E-state index contributed by atoms with van der Waals surface area (Å²) in [5, 5.41) is 3.74. The molecule has 3 atom stereocenters. The normalized spacial score (nSPS) is 28.4. The number of aromatic nitrogens is 1. The topological polar surface area (TPSA) is 46.6 Å². The first-order valence-corrected chi connectivity index (χ1v) is 8.71. The summed E-state index contributed by atoms with van der Waals surface area (Å²) in [7, 11) is 3.54. The third kappa shape index (κ3) is 4.03. The van der Waals surface area contributed by atoms with Crippen molar-refractivity contribution in [2.24, 2.45) is 0 Å². The van der Waals surface area contributed by atoms with E-state index in [1.807, 2.05) is 26.2 Å². The Balaban J connectivity index is 1.58. The number of pyridine rings is 1. The quantitative estimate of drug-likeness (QED) is 0.870. The van der Waals surface area contributed by atoms with Crippen LogP contribution in [0.3, 0.4) is 0 Å². The number of likely N-dealkylation sites (tertiary alicyclic amines) is 1. The van der Waals surface area contributed by atoms with Crippen molar-refractivity contribution in [3.05, 3.63) is 23.5 Å². The number of methoxy groups -OCH3 is 2. The Kier molecular flexibility index (Phi) is 5.51. The minimum absolute atomic E-state index is 0.416. The van der Waals surface area contributed by atoms with E-state index in [0.29, 0.717) is 18.2 Å². The number of rotatable bonds is 6. The molecule has 5 heteroatoms. The number of hydrogen-bond donors (Lipinski definition) is 1. The van der Waals surface area contributed by atoms with Crippen LogP contribution in [-0.4, -0.2) is 55.4 Å². The van der Waals surface area contributed by atoms with Crippen LogP contribution in [0.5, 0.6) is 5.75 Å². The van der Waals surface area contributed by atoms with Crippen molar-refractivity contribution in [2.75, 3.05) is 27.3 Å². The van der Waals surface area contributed by atoms with E-state index in [4.69, 9.17) is 9.47 Å². The summed E-state index contributed by atoms with van der Waals surface area (Å²) >= 11 is 0. The van der Waals surface area contributed by atoms with Gasteiger partial charge in [-0.25, -0.2) is 0 Å². The molecule has 5 nitrogen and oxygen atoms in total. The van der Waals surface area contributed by atoms with Crippen LogP contribution in [0.2, 0.25) is 0 Å². The van der Waals surface area contributed by atoms with Gasteiger partial charge in [-0.15, -0.1) is 0 Å². The molecule has 1 saturated carbocycles. The van der Waals surface area contributed by atoms with E-state index in [1.54, 1.807) is 7.11 Å². The van der Waals surface area contributed by atoms with Gasteiger partial charge in [-0.05, 0) is 26.2 Å². The van der Waals surface area contributed by atoms with Gasteiger partial charge >= 0.3 is 0 Å². The maximum Gasteiger partial charge on any atom is 0.122 e. The van der Waals surface area contributed by atoms with Gasteiger partial charge in [-0.1, -0.05) is 6.42 Å². The molecular formula is C18H29N3O2. The molecule has 0 bridgehead atoms. The van der Waals surface area contributed by atoms with E-state index in [1.165, 1.54) is 19.3 Å². The van der Waals surface area contributed by atoms with Gasteiger partial charge in [0.15, 0.2) is 0 Å². The molecule has 0 radical (unpaired) electrons. The van der Waals surface area contributed by atoms with Crippen LogP contribution in [0.15, 0.2) is 12.1 Å². The lowest BCUT2D eigenvalue weighted by molar-refractivity contribution is 0.0979. The standard InChI is InChI=1S/C18H29N3O2/c1-13-9-16(23-3)10-14(20-13)11-19-17-5-4-6-18(17)21-8-7-15(12-21)22-2/h9-10,15,17-19H,4-8,11-12H2,1-3H3/t15?,17-,18+/m1/s1. The van der Waals surface area contributed by atoms with E-state index in [-0.39, 0.29) is 0 Å². The molecule has 0 spiro atoms. The van der Waals surface area contributed by atoms with Gasteiger partial charge in [0.2, 0.25) is 0 Å². The SMILES string of the molecule is COc1cc(C)nc(CN[C@@H]2CCC[C@@H]2N2CCC(OC)C2)c1. The van der Waals surface area contributed by atoms with Gasteiger partial charge in [0.25, 0.3) is 0 Å². The average molecular weight is 319 g/mol. The summed E-state index contributed by atoms with van der Waals surface area (Å²) in [5.74, 6) is 0.889. The second kappa shape index (κ2) is 7.60. The maximum atomic E-state index is 5.52. The molecule has 1 aliphatic carbocycles. The van der Waals surface area contributed by atoms with Crippen molar-refractivity contribution in [1.29, 1.82) is 0 Å². The Morgan fingerprint density at radius 3 is 2.87 bits per heavy atom. The van der Waals surface area contributed by atoms with Crippen LogP contribution >= 0.6 is 0 Å². The maximum absolute atomic E-state index is 5.52. The fraction of sp³-hybridized carbons (Fsp3) is 0.722. The number of ether oxygens (including phenoxy) is 2. The zero-order valence-corrected chi connectivity index (χ0v) is 14.5. The van der Waals surface area contributed by atoms with E-state index < -0.39 is 0 Å². The summed E-state index contributed by atoms with van der Waals surface area (Å²) in [6.45, 7) is 5.06. The Morgan fingerprint density at radius 2 is 2.13 bits per heavy atom. The molecule has 23 heavy (non-hydrogen) atoms. The first-order chi connectivity index (χ1) is 11.2. The number of aryl methyl sites for hydroxylation is 1. The highest BCUT2D eigenvalue weighted by Gasteiger charge is 2.35. The second-order valence-electron chi connectivity index (χ2n) is 6.77. The second-order valence-corrected chi connectivity index (χ2v) is 6.77. The van der Waals surface area contributed by atoms with Gasteiger partial charge in [0.1, 0.15) is 5.75 Å². The van der Waals surface area contributed by atoms with E-state index in [0.717, 1.165) is 43.2 Å². The Morgan fingerprint density at radius 1 is 1.26 bits per heavy atom. The van der Waals surface area contributed by atoms with Crippen LogP contribution in [0.4, 0.5) is 0 Å². The molecule has 1 aromatic rings. The van der Waals surface area contributed by atoms with Gasteiger partial charge < -0.3 is 14.8 Å². The van der Waals surface area contributed by atoms with Crippen molar-refractivity contribution in [3.8, 4) is 5.75 Å². The predicted molar refractivity (Wildman–Crippen MR) is 90.8 cm³/mol. The molecule has 1 unspecified atom stereocenters. The average Bonchev–Trinajstić information content (AvgIpc) is 3.20. The molecule has 1 N–H and O–H groups in total. The molecule has 0 amide bonds. The molecule has 0 aromatic carbocycles. The molecule has 1 saturated heterocycles. The van der Waals surface area contributed by atoms with Crippen molar-refractivity contribution in [1.82, 2.24) is 15.2 Å². The zero-order valence-electron chi connectivity index (χ0n) is 14.5. The molecule has 2 fully saturated rings. The smallest absolute Gasteiger partial charge is 0.122 e. The number of hydrogen-bond acceptors (Lipinski definition) is 5. The fourth-order valence-corrected chi connectivity index (χ4v) is 4.01. The Bertz CT molecular complexity index is 523. The van der Waals surface area contributed by atoms with Crippen LogP contribution in [-0.2, 0) is 11.3 Å². The Hall–Kier alpha value is -1.17. The third-order valence-corrected chi connectivity index (χ3v) is 5.22. The summed E-state index contributed by atoms with van der Waals surface area (Å²) in [6, 6.07) is 5.19. The van der Waals surface area contributed by atoms with Gasteiger partial charge in [0, 0.05) is 56.7 Å². The number of nitrogens with one attached hydrogen (secondary N) is 1. The third-order valence-electron chi connectivity index (χ3n) is 5.22. The minimum Gasteiger partial charge on any atom is -0.497 e. The highest BCUT2D eigenvalue weighted by molar-refractivity contribution is 5.26. The van der Waals surface area contributed by atoms with Crippen LogP contribution < -0.4 is 10.1 Å². The molecule has 2 aliphatic rings. The van der Waals surface area contributed by atoms with Crippen molar-refractivity contribution in [2.45, 2.75) is 57.3 Å². The lowest BCUT2D eigenvalue weighted by Crippen LogP contribution is -2.46. The fourth-order valence-electron chi connectivity index (χ4n) is 4.01. The molecular weight excluding hydrogens is 290 g/mol. The van der Waals surface area contributed by atoms with E-state index in [9.17, 15) is 0 Å². The van der Waals surface area contributed by atoms with Crippen LogP contribution in [0.25, 0.3) is 0 Å². The Labute approximate surface area is 139 Å². The summed E-state index contributed by atoms with van der Waals surface area (Å²) in [5.41, 5.74) is 2.07. The summed E-state index contributed by atoms with van der Waals surface area (Å²) < 4.78 is 10.9. The van der Waals surface area contributed by atoms with Crippen LogP contribution in [0, 0.1) is 6.92 Å². The summed E-state index contributed by atoms with van der Waals surface area (Å²) in [4.78, 5) is 7.23. The first-order valence-electron chi connectivity index (χ1n) is 8.71. The first kappa shape index (κ1) is 16.7. The minimum atomic E-state index is 0.416. The monoisotopic (exact) mass is 319 g/mol. The lowest BCUT2D eigenvalue weighted by Gasteiger charge is -2.30. The van der Waals surface area contributed by atoms with Crippen LogP contribution in [0.1, 0.15) is 37.1 Å². The summed E-state index contributed by atoms with van der Waals surface area (Å²) in [6.07, 6.45) is 5.43. The predicted octanol–water partition coefficient (Wildman–Crippen LogP) is 2.13. The molecule has 128 valence electrons. The van der Waals surface area contributed by atoms with Gasteiger partial charge in [0.05, 0.1) is 18.9 Å². The largest absolute Gasteiger partial charge is 0.497 e. The molecule has 1 aliphatic heterocycles. The van der Waals surface area contributed by atoms with Gasteiger partial charge in [-0.3, -0.25) is 9.88 Å². The number of nitrogens with zero attached hydrogens (tertiary/aromatic N) is 2. The molecule has 2 heterocycles. The highest BCUT2D eigenvalue weighted by Crippen LogP contribution is 2.28. The lowest BCUT2D eigenvalue weighted by atomic mass is 10.1. The van der Waals surface area contributed by atoms with Crippen molar-refractivity contribution >= 4 is 0 Å². The zero-order chi connectivity index (χ0) is 16.2. The van der Waals surface area contributed by atoms with Crippen molar-refractivity contribution < 1.29 is 9.47 Å². The van der Waals surface area contributed by atoms with Gasteiger partial charge in [-0.2, -0.15) is 0 Å². The molecule has 3 rings (SSSR count). The highest BCUT2D eigenvalue weighted by atomic mass is 16.5.